The van der Waals surface area contributed by atoms with Gasteiger partial charge in [-0.1, -0.05) is 39.0 Å². The van der Waals surface area contributed by atoms with Crippen LogP contribution >= 0.6 is 0 Å². The predicted octanol–water partition coefficient (Wildman–Crippen LogP) is 2.76. The Morgan fingerprint density at radius 3 is 2.54 bits per heavy atom. The second-order valence-corrected chi connectivity index (χ2v) is 3.85. The molecule has 0 aliphatic carbocycles. The van der Waals surface area contributed by atoms with Gasteiger partial charge in [-0.05, 0) is 6.42 Å². The van der Waals surface area contributed by atoms with Crippen molar-refractivity contribution in [3.05, 3.63) is 0 Å². The molecule has 0 saturated carbocycles. The van der Waals surface area contributed by atoms with E-state index in [-0.39, 0.29) is 0 Å². The number of epoxide rings is 1. The van der Waals surface area contributed by atoms with Crippen molar-refractivity contribution in [1.82, 2.24) is 0 Å². The molecular weight excluding hydrogens is 164 g/mol. The van der Waals surface area contributed by atoms with Gasteiger partial charge in [-0.3, -0.25) is 0 Å². The third-order valence-electron chi connectivity index (χ3n) is 2.67. The first-order valence-corrected chi connectivity index (χ1v) is 5.53. The van der Waals surface area contributed by atoms with E-state index < -0.39 is 0 Å². The van der Waals surface area contributed by atoms with Crippen molar-refractivity contribution in [2.24, 2.45) is 0 Å². The van der Waals surface area contributed by atoms with Crippen LogP contribution in [0.25, 0.3) is 0 Å². The molecule has 0 spiro atoms. The van der Waals surface area contributed by atoms with Crippen LogP contribution in [0.3, 0.4) is 0 Å². The van der Waals surface area contributed by atoms with Crippen LogP contribution in [-0.4, -0.2) is 25.9 Å². The van der Waals surface area contributed by atoms with Gasteiger partial charge in [-0.2, -0.15) is 0 Å². The van der Waals surface area contributed by atoms with Crippen LogP contribution in [-0.2, 0) is 9.47 Å². The first kappa shape index (κ1) is 11.0. The summed E-state index contributed by atoms with van der Waals surface area (Å²) in [5.74, 6) is 0. The van der Waals surface area contributed by atoms with Crippen molar-refractivity contribution in [3.8, 4) is 0 Å². The summed E-state index contributed by atoms with van der Waals surface area (Å²) < 4.78 is 10.6. The lowest BCUT2D eigenvalue weighted by molar-refractivity contribution is 0.0673. The zero-order chi connectivity index (χ0) is 9.52. The Labute approximate surface area is 81.6 Å². The van der Waals surface area contributed by atoms with E-state index in [0.29, 0.717) is 12.2 Å². The Balaban J connectivity index is 1.90. The van der Waals surface area contributed by atoms with Crippen molar-refractivity contribution in [3.63, 3.8) is 0 Å². The first-order valence-electron chi connectivity index (χ1n) is 5.53. The summed E-state index contributed by atoms with van der Waals surface area (Å²) in [5.41, 5.74) is 0. The minimum absolute atomic E-state index is 0.363. The van der Waals surface area contributed by atoms with E-state index in [1.807, 2.05) is 0 Å². The van der Waals surface area contributed by atoms with E-state index in [4.69, 9.17) is 9.47 Å². The largest absolute Gasteiger partial charge is 0.379 e. The average molecular weight is 186 g/mol. The molecule has 1 fully saturated rings. The lowest BCUT2D eigenvalue weighted by Crippen LogP contribution is -2.17. The number of ether oxygens (including phenoxy) is 2. The van der Waals surface area contributed by atoms with Gasteiger partial charge >= 0.3 is 0 Å². The lowest BCUT2D eigenvalue weighted by Gasteiger charge is -2.11. The summed E-state index contributed by atoms with van der Waals surface area (Å²) in [4.78, 5) is 0. The molecule has 0 amide bonds. The molecule has 2 nitrogen and oxygen atoms in total. The van der Waals surface area contributed by atoms with Crippen LogP contribution in [0, 0.1) is 0 Å². The molecule has 0 aromatic rings. The van der Waals surface area contributed by atoms with E-state index in [0.717, 1.165) is 6.61 Å². The van der Waals surface area contributed by atoms with E-state index >= 15 is 0 Å². The summed E-state index contributed by atoms with van der Waals surface area (Å²) in [6.07, 6.45) is 8.65. The predicted molar refractivity (Wildman–Crippen MR) is 53.9 cm³/mol. The topological polar surface area (TPSA) is 21.8 Å². The number of methoxy groups -OCH3 is 1. The van der Waals surface area contributed by atoms with Gasteiger partial charge < -0.3 is 9.47 Å². The van der Waals surface area contributed by atoms with Gasteiger partial charge in [0.15, 0.2) is 0 Å². The van der Waals surface area contributed by atoms with Gasteiger partial charge in [0.25, 0.3) is 0 Å². The van der Waals surface area contributed by atoms with E-state index in [1.165, 1.54) is 38.5 Å². The minimum Gasteiger partial charge on any atom is -0.379 e. The number of rotatable bonds is 8. The maximum absolute atomic E-state index is 5.36. The Hall–Kier alpha value is -0.0800. The molecule has 78 valence electrons. The third kappa shape index (κ3) is 4.63. The van der Waals surface area contributed by atoms with Crippen LogP contribution in [0.5, 0.6) is 0 Å². The highest BCUT2D eigenvalue weighted by Crippen LogP contribution is 2.21. The Bertz CT molecular complexity index is 121. The van der Waals surface area contributed by atoms with E-state index in [1.54, 1.807) is 7.11 Å². The van der Waals surface area contributed by atoms with Crippen LogP contribution in [0.4, 0.5) is 0 Å². The van der Waals surface area contributed by atoms with Gasteiger partial charge in [0.1, 0.15) is 6.10 Å². The molecule has 0 aromatic carbocycles. The monoisotopic (exact) mass is 186 g/mol. The molecule has 0 unspecified atom stereocenters. The Kier molecular flexibility index (Phi) is 5.40. The van der Waals surface area contributed by atoms with E-state index in [9.17, 15) is 0 Å². The molecule has 1 saturated heterocycles. The van der Waals surface area contributed by atoms with E-state index in [2.05, 4.69) is 6.92 Å². The fourth-order valence-electron chi connectivity index (χ4n) is 1.67. The summed E-state index contributed by atoms with van der Waals surface area (Å²) in [6, 6.07) is 0. The zero-order valence-corrected chi connectivity index (χ0v) is 8.92. The molecule has 2 atom stereocenters. The second-order valence-electron chi connectivity index (χ2n) is 3.85. The molecule has 13 heavy (non-hydrogen) atoms. The Morgan fingerprint density at radius 2 is 2.00 bits per heavy atom. The molecule has 0 N–H and O–H groups in total. The lowest BCUT2D eigenvalue weighted by atomic mass is 10.1. The first-order chi connectivity index (χ1) is 6.38. The minimum atomic E-state index is 0.363. The summed E-state index contributed by atoms with van der Waals surface area (Å²) in [7, 11) is 1.79. The van der Waals surface area contributed by atoms with Gasteiger partial charge in [-0.25, -0.2) is 0 Å². The smallest absolute Gasteiger partial charge is 0.107 e. The Morgan fingerprint density at radius 1 is 1.31 bits per heavy atom. The van der Waals surface area contributed by atoms with Gasteiger partial charge in [-0.15, -0.1) is 0 Å². The fourth-order valence-corrected chi connectivity index (χ4v) is 1.67. The maximum Gasteiger partial charge on any atom is 0.107 e. The third-order valence-corrected chi connectivity index (χ3v) is 2.67. The standard InChI is InChI=1S/C11H22O2/c1-3-4-5-6-7-8-10(12-2)11-9-13-11/h10-11H,3-9H2,1-2H3/t10-,11-/m0/s1. The van der Waals surface area contributed by atoms with Gasteiger partial charge in [0, 0.05) is 7.11 Å². The van der Waals surface area contributed by atoms with Gasteiger partial charge in [0.2, 0.25) is 0 Å². The van der Waals surface area contributed by atoms with Crippen molar-refractivity contribution in [1.29, 1.82) is 0 Å². The highest BCUT2D eigenvalue weighted by molar-refractivity contribution is 4.79. The average Bonchev–Trinajstić information content (AvgIpc) is 2.95. The normalized spacial score (nSPS) is 23.1. The number of unbranched alkanes of at least 4 members (excludes halogenated alkanes) is 4. The molecule has 0 aromatic heterocycles. The van der Waals surface area contributed by atoms with Gasteiger partial charge in [0.05, 0.1) is 12.7 Å². The SMILES string of the molecule is CCCCCCC[C@H](OC)[C@@H]1CO1. The molecule has 1 aliphatic rings. The van der Waals surface area contributed by atoms with Crippen molar-refractivity contribution in [2.75, 3.05) is 13.7 Å². The fraction of sp³-hybridized carbons (Fsp3) is 1.00. The van der Waals surface area contributed by atoms with Crippen molar-refractivity contribution >= 4 is 0 Å². The summed E-state index contributed by atoms with van der Waals surface area (Å²) in [5, 5.41) is 0. The second kappa shape index (κ2) is 6.39. The molecule has 0 radical (unpaired) electrons. The van der Waals surface area contributed by atoms with Crippen LogP contribution < -0.4 is 0 Å². The number of hydrogen-bond acceptors (Lipinski definition) is 2. The van der Waals surface area contributed by atoms with Crippen molar-refractivity contribution < 1.29 is 9.47 Å². The molecular formula is C11H22O2. The number of hydrogen-bond donors (Lipinski definition) is 0. The van der Waals surface area contributed by atoms with Crippen LogP contribution in [0.15, 0.2) is 0 Å². The summed E-state index contributed by atoms with van der Waals surface area (Å²) >= 11 is 0. The van der Waals surface area contributed by atoms with Crippen molar-refractivity contribution in [2.45, 2.75) is 57.7 Å². The molecule has 1 heterocycles. The quantitative estimate of drug-likeness (QED) is 0.429. The van der Waals surface area contributed by atoms with Crippen LogP contribution in [0.1, 0.15) is 45.4 Å². The molecule has 0 bridgehead atoms. The highest BCUT2D eigenvalue weighted by Gasteiger charge is 2.32. The molecule has 2 heteroatoms. The zero-order valence-electron chi connectivity index (χ0n) is 8.92. The summed E-state index contributed by atoms with van der Waals surface area (Å²) in [6.45, 7) is 3.16. The highest BCUT2D eigenvalue weighted by atomic mass is 16.6. The maximum atomic E-state index is 5.36. The molecule has 1 rings (SSSR count). The molecule has 1 aliphatic heterocycles. The van der Waals surface area contributed by atoms with Crippen LogP contribution in [0.2, 0.25) is 0 Å².